The second kappa shape index (κ2) is 12.2. The fraction of sp³-hybridized carbons (Fsp3) is 0.381. The fourth-order valence-corrected chi connectivity index (χ4v) is 4.22. The van der Waals surface area contributed by atoms with Gasteiger partial charge in [-0.25, -0.2) is 17.5 Å². The molecule has 0 unspecified atom stereocenters. The number of piperazine rings is 1. The van der Waals surface area contributed by atoms with Crippen LogP contribution >= 0.6 is 24.0 Å². The van der Waals surface area contributed by atoms with E-state index in [0.29, 0.717) is 5.96 Å². The summed E-state index contributed by atoms with van der Waals surface area (Å²) in [6.45, 7) is 3.61. The van der Waals surface area contributed by atoms with Crippen molar-refractivity contribution in [2.45, 2.75) is 6.54 Å². The lowest BCUT2D eigenvalue weighted by atomic mass is 10.2. The highest BCUT2D eigenvalue weighted by Crippen LogP contribution is 2.16. The first-order valence-electron chi connectivity index (χ1n) is 9.94. The summed E-state index contributed by atoms with van der Waals surface area (Å²) in [6.07, 6.45) is 0. The van der Waals surface area contributed by atoms with Gasteiger partial charge in [0.2, 0.25) is 10.0 Å². The van der Waals surface area contributed by atoms with Gasteiger partial charge in [0.15, 0.2) is 5.96 Å². The molecule has 1 saturated heterocycles. The average Bonchev–Trinajstić information content (AvgIpc) is 2.77. The highest BCUT2D eigenvalue weighted by Gasteiger charge is 2.20. The van der Waals surface area contributed by atoms with Gasteiger partial charge < -0.3 is 15.1 Å². The molecule has 10 heteroatoms. The zero-order valence-corrected chi connectivity index (χ0v) is 20.6. The molecule has 31 heavy (non-hydrogen) atoms. The van der Waals surface area contributed by atoms with Gasteiger partial charge in [-0.1, -0.05) is 30.3 Å². The third kappa shape index (κ3) is 7.93. The number of nitrogens with zero attached hydrogens (tertiary/aromatic N) is 3. The van der Waals surface area contributed by atoms with E-state index in [1.807, 2.05) is 30.3 Å². The van der Waals surface area contributed by atoms with Crippen molar-refractivity contribution in [3.05, 3.63) is 66.0 Å². The molecule has 0 amide bonds. The largest absolute Gasteiger partial charge is 0.368 e. The van der Waals surface area contributed by atoms with Gasteiger partial charge in [0.05, 0.1) is 5.75 Å². The minimum Gasteiger partial charge on any atom is -0.368 e. The number of hydrogen-bond donors (Lipinski definition) is 2. The Kier molecular flexibility index (Phi) is 9.97. The van der Waals surface area contributed by atoms with Crippen molar-refractivity contribution >= 4 is 45.6 Å². The molecule has 0 saturated carbocycles. The zero-order chi connectivity index (χ0) is 21.4. The third-order valence-electron chi connectivity index (χ3n) is 4.98. The van der Waals surface area contributed by atoms with Crippen LogP contribution in [0.4, 0.5) is 10.1 Å². The van der Waals surface area contributed by atoms with Gasteiger partial charge in [0, 0.05) is 52.0 Å². The second-order valence-corrected chi connectivity index (χ2v) is 8.98. The molecular formula is C21H29FIN5O2S. The standard InChI is InChI=1S/C21H28FN5O2S.HI/c1-23-21(24-11-16-30(28,29)25-17-18-5-3-2-4-6-18)27-14-12-26(13-15-27)20-9-7-19(22)8-10-20;/h2-10,25H,11-17H2,1H3,(H,23,24);1H. The number of aliphatic imine (C=N–C) groups is 1. The van der Waals surface area contributed by atoms with E-state index in [4.69, 9.17) is 0 Å². The number of halogens is 2. The molecule has 0 spiro atoms. The van der Waals surface area contributed by atoms with Crippen molar-refractivity contribution in [3.63, 3.8) is 0 Å². The van der Waals surface area contributed by atoms with Crippen LogP contribution in [0.1, 0.15) is 5.56 Å². The van der Waals surface area contributed by atoms with Gasteiger partial charge >= 0.3 is 0 Å². The molecule has 0 aromatic heterocycles. The summed E-state index contributed by atoms with van der Waals surface area (Å²) in [7, 11) is -1.70. The SMILES string of the molecule is CN=C(NCCS(=O)(=O)NCc1ccccc1)N1CCN(c2ccc(F)cc2)CC1.I. The third-order valence-corrected chi connectivity index (χ3v) is 6.30. The smallest absolute Gasteiger partial charge is 0.213 e. The minimum absolute atomic E-state index is 0. The Morgan fingerprint density at radius 3 is 2.29 bits per heavy atom. The van der Waals surface area contributed by atoms with Crippen LogP contribution in [0.25, 0.3) is 0 Å². The van der Waals surface area contributed by atoms with Crippen LogP contribution in [-0.4, -0.2) is 64.8 Å². The monoisotopic (exact) mass is 561 g/mol. The lowest BCUT2D eigenvalue weighted by molar-refractivity contribution is 0.373. The quantitative estimate of drug-likeness (QED) is 0.308. The Bertz CT molecular complexity index is 934. The van der Waals surface area contributed by atoms with Gasteiger partial charge in [-0.15, -0.1) is 24.0 Å². The van der Waals surface area contributed by atoms with Gasteiger partial charge in [-0.2, -0.15) is 0 Å². The van der Waals surface area contributed by atoms with E-state index in [1.165, 1.54) is 12.1 Å². The topological polar surface area (TPSA) is 77.0 Å². The van der Waals surface area contributed by atoms with Gasteiger partial charge in [0.25, 0.3) is 0 Å². The number of rotatable bonds is 7. The van der Waals surface area contributed by atoms with Crippen LogP contribution in [0.2, 0.25) is 0 Å². The van der Waals surface area contributed by atoms with E-state index >= 15 is 0 Å². The molecular weight excluding hydrogens is 532 g/mol. The molecule has 170 valence electrons. The summed E-state index contributed by atoms with van der Waals surface area (Å²) in [6, 6.07) is 15.9. The molecule has 0 radical (unpaired) electrons. The lowest BCUT2D eigenvalue weighted by Gasteiger charge is -2.37. The minimum atomic E-state index is -3.39. The van der Waals surface area contributed by atoms with E-state index in [-0.39, 0.29) is 48.6 Å². The highest BCUT2D eigenvalue weighted by molar-refractivity contribution is 14.0. The maximum Gasteiger partial charge on any atom is 0.213 e. The molecule has 0 atom stereocenters. The molecule has 7 nitrogen and oxygen atoms in total. The average molecular weight is 561 g/mol. The number of nitrogens with one attached hydrogen (secondary N) is 2. The number of hydrogen-bond acceptors (Lipinski definition) is 4. The molecule has 1 fully saturated rings. The Hall–Kier alpha value is -1.92. The van der Waals surface area contributed by atoms with Crippen molar-refractivity contribution in [2.24, 2.45) is 4.99 Å². The summed E-state index contributed by atoms with van der Waals surface area (Å²) in [5.74, 6) is 0.413. The van der Waals surface area contributed by atoms with Crippen LogP contribution in [0, 0.1) is 5.82 Å². The zero-order valence-electron chi connectivity index (χ0n) is 17.5. The number of sulfonamides is 1. The van der Waals surface area contributed by atoms with E-state index in [1.54, 1.807) is 19.2 Å². The maximum absolute atomic E-state index is 13.1. The first-order valence-corrected chi connectivity index (χ1v) is 11.6. The maximum atomic E-state index is 13.1. The van der Waals surface area contributed by atoms with E-state index in [2.05, 4.69) is 24.8 Å². The van der Waals surface area contributed by atoms with Crippen molar-refractivity contribution < 1.29 is 12.8 Å². The number of guanidine groups is 1. The molecule has 0 bridgehead atoms. The molecule has 3 rings (SSSR count). The Morgan fingerprint density at radius 1 is 1.03 bits per heavy atom. The molecule has 2 aromatic carbocycles. The van der Waals surface area contributed by atoms with Crippen molar-refractivity contribution in [3.8, 4) is 0 Å². The van der Waals surface area contributed by atoms with Gasteiger partial charge in [-0.3, -0.25) is 4.99 Å². The second-order valence-electron chi connectivity index (χ2n) is 7.05. The fourth-order valence-electron chi connectivity index (χ4n) is 3.32. The van der Waals surface area contributed by atoms with Crippen LogP contribution in [0.3, 0.4) is 0 Å². The van der Waals surface area contributed by atoms with E-state index < -0.39 is 10.0 Å². The van der Waals surface area contributed by atoms with Crippen LogP contribution in [0.15, 0.2) is 59.6 Å². The van der Waals surface area contributed by atoms with E-state index in [9.17, 15) is 12.8 Å². The number of benzene rings is 2. The van der Waals surface area contributed by atoms with Crippen molar-refractivity contribution in [2.75, 3.05) is 50.4 Å². The molecule has 0 aliphatic carbocycles. The van der Waals surface area contributed by atoms with Gasteiger partial charge in [-0.05, 0) is 29.8 Å². The molecule has 1 heterocycles. The Morgan fingerprint density at radius 2 is 1.68 bits per heavy atom. The Labute approximate surface area is 200 Å². The first-order chi connectivity index (χ1) is 14.5. The van der Waals surface area contributed by atoms with E-state index in [0.717, 1.165) is 37.4 Å². The molecule has 1 aliphatic rings. The summed E-state index contributed by atoms with van der Waals surface area (Å²) in [5.41, 5.74) is 1.92. The predicted molar refractivity (Wildman–Crippen MR) is 134 cm³/mol. The molecule has 2 aromatic rings. The van der Waals surface area contributed by atoms with Crippen LogP contribution in [-0.2, 0) is 16.6 Å². The van der Waals surface area contributed by atoms with Crippen molar-refractivity contribution in [1.82, 2.24) is 14.9 Å². The molecule has 2 N–H and O–H groups in total. The summed E-state index contributed by atoms with van der Waals surface area (Å²) < 4.78 is 40.2. The van der Waals surface area contributed by atoms with Crippen LogP contribution < -0.4 is 14.9 Å². The Balaban J connectivity index is 0.00000341. The normalized spacial score (nSPS) is 14.8. The predicted octanol–water partition coefficient (Wildman–Crippen LogP) is 2.26. The summed E-state index contributed by atoms with van der Waals surface area (Å²) >= 11 is 0. The number of anilines is 1. The summed E-state index contributed by atoms with van der Waals surface area (Å²) in [5, 5.41) is 3.14. The van der Waals surface area contributed by atoms with Gasteiger partial charge in [0.1, 0.15) is 5.82 Å². The van der Waals surface area contributed by atoms with Crippen molar-refractivity contribution in [1.29, 1.82) is 0 Å². The lowest BCUT2D eigenvalue weighted by Crippen LogP contribution is -2.53. The van der Waals surface area contributed by atoms with Crippen LogP contribution in [0.5, 0.6) is 0 Å². The molecule has 1 aliphatic heterocycles. The highest BCUT2D eigenvalue weighted by atomic mass is 127. The first kappa shape index (κ1) is 25.3. The summed E-state index contributed by atoms with van der Waals surface area (Å²) in [4.78, 5) is 8.58.